The van der Waals surface area contributed by atoms with Gasteiger partial charge in [0.05, 0.1) is 10.5 Å². The number of non-ortho nitro benzene ring substituents is 1. The zero-order chi connectivity index (χ0) is 14.7. The Balaban J connectivity index is 2.34. The van der Waals surface area contributed by atoms with Gasteiger partial charge in [-0.25, -0.2) is 4.79 Å². The predicted octanol–water partition coefficient (Wildman–Crippen LogP) is 3.75. The lowest BCUT2D eigenvalue weighted by Gasteiger charge is -2.06. The summed E-state index contributed by atoms with van der Waals surface area (Å²) in [6.45, 7) is 1.85. The number of carbonyl (C=O) groups is 1. The summed E-state index contributed by atoms with van der Waals surface area (Å²) >= 11 is 1.31. The van der Waals surface area contributed by atoms with Gasteiger partial charge in [-0.05, 0) is 30.7 Å². The Morgan fingerprint density at radius 2 is 2.00 bits per heavy atom. The summed E-state index contributed by atoms with van der Waals surface area (Å²) in [6, 6.07) is 11.1. The molecule has 0 aliphatic carbocycles. The number of hydrogen-bond acceptors (Lipinski definition) is 4. The third kappa shape index (κ3) is 3.16. The van der Waals surface area contributed by atoms with Crippen molar-refractivity contribution in [3.8, 4) is 0 Å². The topological polar surface area (TPSA) is 80.4 Å². The van der Waals surface area contributed by atoms with E-state index in [1.165, 1.54) is 30.0 Å². The highest BCUT2D eigenvalue weighted by atomic mass is 32.2. The largest absolute Gasteiger partial charge is 0.478 e. The van der Waals surface area contributed by atoms with Crippen molar-refractivity contribution < 1.29 is 14.8 Å². The molecule has 0 aliphatic heterocycles. The lowest BCUT2D eigenvalue weighted by atomic mass is 10.2. The standard InChI is InChI=1S/C14H11NO4S/c1-9-5-6-11(15(18)19)8-13(9)20-12-4-2-3-10(7-12)14(16)17/h2-8H,1H3,(H,16,17). The summed E-state index contributed by atoms with van der Waals surface area (Å²) in [5.41, 5.74) is 1.12. The number of rotatable bonds is 4. The summed E-state index contributed by atoms with van der Waals surface area (Å²) in [6.07, 6.45) is 0. The number of nitro benzene ring substituents is 1. The number of aryl methyl sites for hydroxylation is 1. The molecule has 0 heterocycles. The summed E-state index contributed by atoms with van der Waals surface area (Å²) in [7, 11) is 0. The number of nitrogens with zero attached hydrogens (tertiary/aromatic N) is 1. The molecule has 2 aromatic rings. The fourth-order valence-corrected chi connectivity index (χ4v) is 2.63. The Bertz CT molecular complexity index is 685. The quantitative estimate of drug-likeness (QED) is 0.684. The second kappa shape index (κ2) is 5.75. The van der Waals surface area contributed by atoms with Crippen LogP contribution in [-0.2, 0) is 0 Å². The van der Waals surface area contributed by atoms with Gasteiger partial charge < -0.3 is 5.11 Å². The maximum atomic E-state index is 10.9. The molecule has 0 aliphatic rings. The van der Waals surface area contributed by atoms with Crippen LogP contribution in [0, 0.1) is 17.0 Å². The van der Waals surface area contributed by atoms with Crippen LogP contribution < -0.4 is 0 Å². The average molecular weight is 289 g/mol. The Morgan fingerprint density at radius 1 is 1.25 bits per heavy atom. The van der Waals surface area contributed by atoms with Gasteiger partial charge in [-0.15, -0.1) is 0 Å². The van der Waals surface area contributed by atoms with E-state index in [9.17, 15) is 14.9 Å². The highest BCUT2D eigenvalue weighted by Crippen LogP contribution is 2.33. The molecule has 0 saturated carbocycles. The van der Waals surface area contributed by atoms with E-state index in [2.05, 4.69) is 0 Å². The molecule has 0 saturated heterocycles. The van der Waals surface area contributed by atoms with E-state index in [0.29, 0.717) is 0 Å². The first-order chi connectivity index (χ1) is 9.47. The summed E-state index contributed by atoms with van der Waals surface area (Å²) in [5, 5.41) is 19.7. The molecule has 1 N–H and O–H groups in total. The smallest absolute Gasteiger partial charge is 0.335 e. The number of hydrogen-bond donors (Lipinski definition) is 1. The zero-order valence-corrected chi connectivity index (χ0v) is 11.4. The molecule has 2 rings (SSSR count). The van der Waals surface area contributed by atoms with Crippen LogP contribution in [-0.4, -0.2) is 16.0 Å². The first-order valence-corrected chi connectivity index (χ1v) is 6.55. The summed E-state index contributed by atoms with van der Waals surface area (Å²) in [4.78, 5) is 22.7. The van der Waals surface area contributed by atoms with E-state index in [0.717, 1.165) is 15.4 Å². The number of nitro groups is 1. The maximum Gasteiger partial charge on any atom is 0.335 e. The summed E-state index contributed by atoms with van der Waals surface area (Å²) in [5.74, 6) is -0.997. The van der Waals surface area contributed by atoms with E-state index in [-0.39, 0.29) is 11.3 Å². The number of benzene rings is 2. The highest BCUT2D eigenvalue weighted by Gasteiger charge is 2.11. The third-order valence-electron chi connectivity index (χ3n) is 2.69. The molecular formula is C14H11NO4S. The predicted molar refractivity (Wildman–Crippen MR) is 75.4 cm³/mol. The summed E-state index contributed by atoms with van der Waals surface area (Å²) < 4.78 is 0. The first kappa shape index (κ1) is 14.1. The molecule has 102 valence electrons. The van der Waals surface area contributed by atoms with Gasteiger partial charge in [0.1, 0.15) is 0 Å². The van der Waals surface area contributed by atoms with Crippen LogP contribution in [0.4, 0.5) is 5.69 Å². The van der Waals surface area contributed by atoms with Gasteiger partial charge in [0.2, 0.25) is 0 Å². The second-order valence-corrected chi connectivity index (χ2v) is 5.26. The average Bonchev–Trinajstić information content (AvgIpc) is 2.41. The van der Waals surface area contributed by atoms with Gasteiger partial charge >= 0.3 is 5.97 Å². The molecular weight excluding hydrogens is 278 g/mol. The molecule has 0 atom stereocenters. The van der Waals surface area contributed by atoms with Crippen LogP contribution in [0.1, 0.15) is 15.9 Å². The Morgan fingerprint density at radius 3 is 2.65 bits per heavy atom. The molecule has 5 nitrogen and oxygen atoms in total. The molecule has 0 aromatic heterocycles. The van der Waals surface area contributed by atoms with Gasteiger partial charge in [0, 0.05) is 21.9 Å². The number of carboxylic acids is 1. The van der Waals surface area contributed by atoms with E-state index >= 15 is 0 Å². The van der Waals surface area contributed by atoms with Crippen molar-refractivity contribution in [2.75, 3.05) is 0 Å². The molecule has 0 radical (unpaired) electrons. The molecule has 0 bridgehead atoms. The normalized spacial score (nSPS) is 10.2. The molecule has 2 aromatic carbocycles. The monoisotopic (exact) mass is 289 g/mol. The molecule has 0 spiro atoms. The van der Waals surface area contributed by atoms with Gasteiger partial charge in [-0.2, -0.15) is 0 Å². The SMILES string of the molecule is Cc1ccc([N+](=O)[O-])cc1Sc1cccc(C(=O)O)c1. The fourth-order valence-electron chi connectivity index (χ4n) is 1.63. The van der Waals surface area contributed by atoms with Crippen LogP contribution in [0.5, 0.6) is 0 Å². The van der Waals surface area contributed by atoms with Crippen molar-refractivity contribution in [2.45, 2.75) is 16.7 Å². The van der Waals surface area contributed by atoms with E-state index in [1.807, 2.05) is 6.92 Å². The minimum Gasteiger partial charge on any atom is -0.478 e. The van der Waals surface area contributed by atoms with Crippen LogP contribution >= 0.6 is 11.8 Å². The lowest BCUT2D eigenvalue weighted by molar-refractivity contribution is -0.385. The van der Waals surface area contributed by atoms with E-state index in [4.69, 9.17) is 5.11 Å². The number of aromatic carboxylic acids is 1. The fraction of sp³-hybridized carbons (Fsp3) is 0.0714. The molecule has 20 heavy (non-hydrogen) atoms. The van der Waals surface area contributed by atoms with Crippen LogP contribution in [0.3, 0.4) is 0 Å². The Kier molecular flexibility index (Phi) is 4.05. The van der Waals surface area contributed by atoms with Gasteiger partial charge in [-0.3, -0.25) is 10.1 Å². The van der Waals surface area contributed by atoms with Crippen molar-refractivity contribution in [1.29, 1.82) is 0 Å². The van der Waals surface area contributed by atoms with Crippen molar-refractivity contribution >= 4 is 23.4 Å². The minimum atomic E-state index is -0.997. The molecule has 0 amide bonds. The zero-order valence-electron chi connectivity index (χ0n) is 10.6. The van der Waals surface area contributed by atoms with Crippen molar-refractivity contribution in [3.63, 3.8) is 0 Å². The van der Waals surface area contributed by atoms with Crippen molar-refractivity contribution in [1.82, 2.24) is 0 Å². The van der Waals surface area contributed by atoms with E-state index in [1.54, 1.807) is 24.3 Å². The molecule has 0 fully saturated rings. The lowest BCUT2D eigenvalue weighted by Crippen LogP contribution is -1.95. The molecule has 0 unspecified atom stereocenters. The Hall–Kier alpha value is -2.34. The van der Waals surface area contributed by atoms with Gasteiger partial charge in [-0.1, -0.05) is 23.9 Å². The van der Waals surface area contributed by atoms with E-state index < -0.39 is 10.9 Å². The molecule has 6 heteroatoms. The van der Waals surface area contributed by atoms with Gasteiger partial charge in [0.25, 0.3) is 5.69 Å². The van der Waals surface area contributed by atoms with Crippen LogP contribution in [0.25, 0.3) is 0 Å². The maximum absolute atomic E-state index is 10.9. The van der Waals surface area contributed by atoms with Gasteiger partial charge in [0.15, 0.2) is 0 Å². The second-order valence-electron chi connectivity index (χ2n) is 4.14. The Labute approximate surface area is 119 Å². The van der Waals surface area contributed by atoms with Crippen molar-refractivity contribution in [3.05, 3.63) is 63.7 Å². The van der Waals surface area contributed by atoms with Crippen molar-refractivity contribution in [2.24, 2.45) is 0 Å². The first-order valence-electron chi connectivity index (χ1n) is 5.73. The third-order valence-corrected chi connectivity index (χ3v) is 3.84. The number of carboxylic acid groups (broad SMARTS) is 1. The van der Waals surface area contributed by atoms with Crippen LogP contribution in [0.15, 0.2) is 52.3 Å². The highest BCUT2D eigenvalue weighted by molar-refractivity contribution is 7.99. The minimum absolute atomic E-state index is 0.0208. The van der Waals surface area contributed by atoms with Crippen LogP contribution in [0.2, 0.25) is 0 Å².